The Balaban J connectivity index is 1.95. The molecular weight excluding hydrogens is 162 g/mol. The summed E-state index contributed by atoms with van der Waals surface area (Å²) in [6.45, 7) is 5.35. The number of hydrogen-bond acceptors (Lipinski definition) is 2. The average molecular weight is 179 g/mol. The van der Waals surface area contributed by atoms with Gasteiger partial charge in [-0.2, -0.15) is 5.10 Å². The second-order valence-electron chi connectivity index (χ2n) is 4.36. The van der Waals surface area contributed by atoms with Crippen LogP contribution in [0.1, 0.15) is 25.3 Å². The van der Waals surface area contributed by atoms with Crippen LogP contribution < -0.4 is 5.73 Å². The Labute approximate surface area is 78.9 Å². The summed E-state index contributed by atoms with van der Waals surface area (Å²) in [6.07, 6.45) is 4.73. The highest BCUT2D eigenvalue weighted by molar-refractivity contribution is 5.35. The lowest BCUT2D eigenvalue weighted by Crippen LogP contribution is -2.25. The lowest BCUT2D eigenvalue weighted by Gasteiger charge is -2.32. The van der Waals surface area contributed by atoms with Crippen molar-refractivity contribution in [3.63, 3.8) is 0 Å². The molecule has 2 rings (SSSR count). The van der Waals surface area contributed by atoms with E-state index in [9.17, 15) is 0 Å². The summed E-state index contributed by atoms with van der Waals surface area (Å²) in [5.74, 6) is 2.42. The van der Waals surface area contributed by atoms with E-state index in [-0.39, 0.29) is 0 Å². The average Bonchev–Trinajstić information content (AvgIpc) is 2.28. The van der Waals surface area contributed by atoms with Crippen molar-refractivity contribution in [2.75, 3.05) is 5.73 Å². The van der Waals surface area contributed by atoms with Gasteiger partial charge < -0.3 is 5.73 Å². The van der Waals surface area contributed by atoms with Crippen molar-refractivity contribution in [2.45, 2.75) is 33.2 Å². The summed E-state index contributed by atoms with van der Waals surface area (Å²) in [4.78, 5) is 0. The first-order chi connectivity index (χ1) is 6.15. The van der Waals surface area contributed by atoms with Gasteiger partial charge in [-0.25, -0.2) is 0 Å². The van der Waals surface area contributed by atoms with E-state index < -0.39 is 0 Å². The molecule has 1 aliphatic carbocycles. The minimum Gasteiger partial charge on any atom is -0.382 e. The minimum atomic E-state index is 0.673. The largest absolute Gasteiger partial charge is 0.382 e. The molecule has 1 saturated carbocycles. The van der Waals surface area contributed by atoms with Gasteiger partial charge in [-0.15, -0.1) is 0 Å². The number of nitrogen functional groups attached to an aromatic ring is 1. The SMILES string of the molecule is Cc1cn(CC2CC(C)C2)nc1N. The van der Waals surface area contributed by atoms with Gasteiger partial charge in [0.25, 0.3) is 0 Å². The number of aryl methyl sites for hydroxylation is 1. The Bertz CT molecular complexity index is 278. The number of hydrogen-bond donors (Lipinski definition) is 1. The van der Waals surface area contributed by atoms with Gasteiger partial charge in [0.2, 0.25) is 0 Å². The molecule has 72 valence electrons. The molecule has 1 aliphatic rings. The fourth-order valence-corrected chi connectivity index (χ4v) is 2.11. The van der Waals surface area contributed by atoms with Crippen LogP contribution in [0.2, 0.25) is 0 Å². The molecule has 0 spiro atoms. The smallest absolute Gasteiger partial charge is 0.148 e. The number of rotatable bonds is 2. The highest BCUT2D eigenvalue weighted by Crippen LogP contribution is 2.34. The Morgan fingerprint density at radius 1 is 1.62 bits per heavy atom. The molecule has 13 heavy (non-hydrogen) atoms. The van der Waals surface area contributed by atoms with Gasteiger partial charge in [-0.05, 0) is 31.6 Å². The van der Waals surface area contributed by atoms with Crippen LogP contribution in [0.5, 0.6) is 0 Å². The highest BCUT2D eigenvalue weighted by Gasteiger charge is 2.25. The van der Waals surface area contributed by atoms with Crippen LogP contribution in [-0.4, -0.2) is 9.78 Å². The van der Waals surface area contributed by atoms with Gasteiger partial charge in [0, 0.05) is 18.3 Å². The Hall–Kier alpha value is -0.990. The van der Waals surface area contributed by atoms with Crippen molar-refractivity contribution in [1.29, 1.82) is 0 Å². The van der Waals surface area contributed by atoms with E-state index in [1.165, 1.54) is 12.8 Å². The number of anilines is 1. The van der Waals surface area contributed by atoms with Crippen LogP contribution in [0.3, 0.4) is 0 Å². The first-order valence-electron chi connectivity index (χ1n) is 4.94. The molecule has 1 aromatic heterocycles. The van der Waals surface area contributed by atoms with Crippen LogP contribution in [-0.2, 0) is 6.54 Å². The third kappa shape index (κ3) is 1.69. The van der Waals surface area contributed by atoms with Crippen molar-refractivity contribution in [3.8, 4) is 0 Å². The fourth-order valence-electron chi connectivity index (χ4n) is 2.11. The Kier molecular flexibility index (Phi) is 2.02. The number of nitrogens with two attached hydrogens (primary N) is 1. The monoisotopic (exact) mass is 179 g/mol. The quantitative estimate of drug-likeness (QED) is 0.752. The zero-order valence-electron chi connectivity index (χ0n) is 8.33. The fraction of sp³-hybridized carbons (Fsp3) is 0.700. The first-order valence-corrected chi connectivity index (χ1v) is 4.94. The van der Waals surface area contributed by atoms with Gasteiger partial charge in [0.1, 0.15) is 5.82 Å². The van der Waals surface area contributed by atoms with Gasteiger partial charge in [-0.3, -0.25) is 4.68 Å². The zero-order chi connectivity index (χ0) is 9.42. The third-order valence-electron chi connectivity index (χ3n) is 2.90. The van der Waals surface area contributed by atoms with Crippen LogP contribution in [0.15, 0.2) is 6.20 Å². The second-order valence-corrected chi connectivity index (χ2v) is 4.36. The van der Waals surface area contributed by atoms with Gasteiger partial charge in [0.05, 0.1) is 0 Å². The molecule has 0 atom stereocenters. The van der Waals surface area contributed by atoms with Crippen molar-refractivity contribution < 1.29 is 0 Å². The van der Waals surface area contributed by atoms with E-state index in [0.717, 1.165) is 23.9 Å². The maximum atomic E-state index is 5.67. The topological polar surface area (TPSA) is 43.8 Å². The Morgan fingerprint density at radius 2 is 2.31 bits per heavy atom. The molecule has 3 heteroatoms. The molecule has 1 fully saturated rings. The number of aromatic nitrogens is 2. The Morgan fingerprint density at radius 3 is 2.77 bits per heavy atom. The van der Waals surface area contributed by atoms with Crippen molar-refractivity contribution in [3.05, 3.63) is 11.8 Å². The van der Waals surface area contributed by atoms with Crippen LogP contribution >= 0.6 is 0 Å². The summed E-state index contributed by atoms with van der Waals surface area (Å²) in [6, 6.07) is 0. The van der Waals surface area contributed by atoms with Gasteiger partial charge in [-0.1, -0.05) is 6.92 Å². The van der Waals surface area contributed by atoms with E-state index in [2.05, 4.69) is 12.0 Å². The van der Waals surface area contributed by atoms with E-state index in [4.69, 9.17) is 5.73 Å². The minimum absolute atomic E-state index is 0.673. The standard InChI is InChI=1S/C10H17N3/c1-7-3-9(4-7)6-13-5-8(2)10(11)12-13/h5,7,9H,3-4,6H2,1-2H3,(H2,11,12). The van der Waals surface area contributed by atoms with Crippen LogP contribution in [0.25, 0.3) is 0 Å². The van der Waals surface area contributed by atoms with Crippen LogP contribution in [0.4, 0.5) is 5.82 Å². The summed E-state index contributed by atoms with van der Waals surface area (Å²) in [5, 5.41) is 4.25. The second kappa shape index (κ2) is 3.05. The maximum Gasteiger partial charge on any atom is 0.148 e. The third-order valence-corrected chi connectivity index (χ3v) is 2.90. The summed E-state index contributed by atoms with van der Waals surface area (Å²) >= 11 is 0. The molecule has 0 aliphatic heterocycles. The molecule has 0 bridgehead atoms. The van der Waals surface area contributed by atoms with Crippen LogP contribution in [0, 0.1) is 18.8 Å². The normalized spacial score (nSPS) is 27.2. The summed E-state index contributed by atoms with van der Waals surface area (Å²) in [7, 11) is 0. The van der Waals surface area contributed by atoms with Crippen molar-refractivity contribution in [1.82, 2.24) is 9.78 Å². The molecule has 0 amide bonds. The lowest BCUT2D eigenvalue weighted by molar-refractivity contribution is 0.182. The number of nitrogens with zero attached hydrogens (tertiary/aromatic N) is 2. The molecule has 0 unspecified atom stereocenters. The maximum absolute atomic E-state index is 5.67. The molecule has 0 aromatic carbocycles. The van der Waals surface area contributed by atoms with E-state index in [1.807, 2.05) is 17.8 Å². The van der Waals surface area contributed by atoms with E-state index in [0.29, 0.717) is 5.82 Å². The van der Waals surface area contributed by atoms with E-state index in [1.54, 1.807) is 0 Å². The molecule has 0 radical (unpaired) electrons. The summed E-state index contributed by atoms with van der Waals surface area (Å²) in [5.41, 5.74) is 6.76. The van der Waals surface area contributed by atoms with Gasteiger partial charge >= 0.3 is 0 Å². The molecular formula is C10H17N3. The summed E-state index contributed by atoms with van der Waals surface area (Å²) < 4.78 is 1.99. The zero-order valence-corrected chi connectivity index (χ0v) is 8.33. The highest BCUT2D eigenvalue weighted by atomic mass is 15.3. The van der Waals surface area contributed by atoms with Crippen molar-refractivity contribution >= 4 is 5.82 Å². The molecule has 1 heterocycles. The lowest BCUT2D eigenvalue weighted by atomic mass is 9.76. The molecule has 1 aromatic rings. The van der Waals surface area contributed by atoms with Crippen molar-refractivity contribution in [2.24, 2.45) is 11.8 Å². The predicted octanol–water partition coefficient (Wildman–Crippen LogP) is 1.82. The van der Waals surface area contributed by atoms with Gasteiger partial charge in [0.15, 0.2) is 0 Å². The van der Waals surface area contributed by atoms with E-state index >= 15 is 0 Å². The predicted molar refractivity (Wildman–Crippen MR) is 53.3 cm³/mol. The molecule has 3 nitrogen and oxygen atoms in total. The molecule has 2 N–H and O–H groups in total. The first kappa shape index (κ1) is 8.60. The molecule has 0 saturated heterocycles.